The fraction of sp³-hybridized carbons (Fsp3) is 0.538. The SMILES string of the molecule is CNCC(OCC(C)C)c1cccc(Br)c1. The Morgan fingerprint density at radius 1 is 1.38 bits per heavy atom. The average Bonchev–Trinajstić information content (AvgIpc) is 2.24. The minimum absolute atomic E-state index is 0.130. The summed E-state index contributed by atoms with van der Waals surface area (Å²) in [4.78, 5) is 0. The maximum Gasteiger partial charge on any atom is 0.0949 e. The van der Waals surface area contributed by atoms with E-state index in [0.717, 1.165) is 17.6 Å². The van der Waals surface area contributed by atoms with Gasteiger partial charge < -0.3 is 10.1 Å². The molecule has 0 aliphatic carbocycles. The number of nitrogens with one attached hydrogen (secondary N) is 1. The second kappa shape index (κ2) is 7.05. The molecule has 1 aromatic rings. The first-order valence-electron chi connectivity index (χ1n) is 5.65. The molecule has 0 bridgehead atoms. The van der Waals surface area contributed by atoms with Gasteiger partial charge in [0.2, 0.25) is 0 Å². The van der Waals surface area contributed by atoms with Crippen molar-refractivity contribution in [3.63, 3.8) is 0 Å². The van der Waals surface area contributed by atoms with Gasteiger partial charge in [-0.25, -0.2) is 0 Å². The number of hydrogen-bond donors (Lipinski definition) is 1. The highest BCUT2D eigenvalue weighted by Gasteiger charge is 2.11. The Morgan fingerprint density at radius 3 is 2.69 bits per heavy atom. The number of benzene rings is 1. The summed E-state index contributed by atoms with van der Waals surface area (Å²) in [5.41, 5.74) is 1.21. The number of likely N-dealkylation sites (N-methyl/N-ethyl adjacent to an activating group) is 1. The summed E-state index contributed by atoms with van der Waals surface area (Å²) in [6.07, 6.45) is 0.130. The maximum absolute atomic E-state index is 5.90. The Morgan fingerprint density at radius 2 is 2.12 bits per heavy atom. The average molecular weight is 286 g/mol. The predicted molar refractivity (Wildman–Crippen MR) is 71.6 cm³/mol. The molecule has 0 aromatic heterocycles. The van der Waals surface area contributed by atoms with Crippen molar-refractivity contribution in [2.75, 3.05) is 20.2 Å². The first-order valence-corrected chi connectivity index (χ1v) is 6.44. The fourth-order valence-electron chi connectivity index (χ4n) is 1.47. The standard InChI is InChI=1S/C13H20BrNO/c1-10(2)9-16-13(8-15-3)11-5-4-6-12(14)7-11/h4-7,10,13,15H,8-9H2,1-3H3. The summed E-state index contributed by atoms with van der Waals surface area (Å²) >= 11 is 3.49. The van der Waals surface area contributed by atoms with Crippen LogP contribution in [0.4, 0.5) is 0 Å². The summed E-state index contributed by atoms with van der Waals surface area (Å²) in [6, 6.07) is 8.29. The molecular weight excluding hydrogens is 266 g/mol. The van der Waals surface area contributed by atoms with Crippen LogP contribution in [0.25, 0.3) is 0 Å². The summed E-state index contributed by atoms with van der Waals surface area (Å²) in [7, 11) is 1.95. The maximum atomic E-state index is 5.90. The molecule has 0 fully saturated rings. The van der Waals surface area contributed by atoms with Gasteiger partial charge in [-0.1, -0.05) is 41.9 Å². The van der Waals surface area contributed by atoms with Crippen molar-refractivity contribution in [1.82, 2.24) is 5.32 Å². The van der Waals surface area contributed by atoms with E-state index in [1.807, 2.05) is 19.2 Å². The molecule has 1 N–H and O–H groups in total. The molecule has 16 heavy (non-hydrogen) atoms. The number of rotatable bonds is 6. The minimum Gasteiger partial charge on any atom is -0.372 e. The molecule has 0 spiro atoms. The molecule has 0 aliphatic rings. The smallest absolute Gasteiger partial charge is 0.0949 e. The van der Waals surface area contributed by atoms with E-state index in [1.165, 1.54) is 5.56 Å². The van der Waals surface area contributed by atoms with Crippen LogP contribution in [-0.4, -0.2) is 20.2 Å². The zero-order valence-electron chi connectivity index (χ0n) is 10.2. The van der Waals surface area contributed by atoms with E-state index in [4.69, 9.17) is 4.74 Å². The van der Waals surface area contributed by atoms with Gasteiger partial charge in [0.25, 0.3) is 0 Å². The summed E-state index contributed by atoms with van der Waals surface area (Å²) in [5.74, 6) is 0.562. The molecule has 0 radical (unpaired) electrons. The number of ether oxygens (including phenoxy) is 1. The third kappa shape index (κ3) is 4.64. The van der Waals surface area contributed by atoms with Crippen LogP contribution >= 0.6 is 15.9 Å². The third-order valence-electron chi connectivity index (χ3n) is 2.24. The molecule has 1 atom stereocenters. The lowest BCUT2D eigenvalue weighted by Crippen LogP contribution is -2.21. The van der Waals surface area contributed by atoms with Crippen molar-refractivity contribution in [2.24, 2.45) is 5.92 Å². The molecule has 1 unspecified atom stereocenters. The van der Waals surface area contributed by atoms with Crippen molar-refractivity contribution in [3.8, 4) is 0 Å². The Bertz CT molecular complexity index is 315. The fourth-order valence-corrected chi connectivity index (χ4v) is 1.89. The Balaban J connectivity index is 2.68. The normalized spacial score (nSPS) is 13.1. The monoisotopic (exact) mass is 285 g/mol. The Kier molecular flexibility index (Phi) is 6.03. The molecule has 1 aromatic carbocycles. The van der Waals surface area contributed by atoms with Gasteiger partial charge in [-0.3, -0.25) is 0 Å². The number of hydrogen-bond acceptors (Lipinski definition) is 2. The predicted octanol–water partition coefficient (Wildman–Crippen LogP) is 3.38. The molecular formula is C13H20BrNO. The zero-order valence-corrected chi connectivity index (χ0v) is 11.8. The molecule has 3 heteroatoms. The number of halogens is 1. The van der Waals surface area contributed by atoms with Crippen LogP contribution in [0.5, 0.6) is 0 Å². The van der Waals surface area contributed by atoms with Crippen LogP contribution in [0.1, 0.15) is 25.5 Å². The molecule has 0 aliphatic heterocycles. The highest BCUT2D eigenvalue weighted by Crippen LogP contribution is 2.21. The van der Waals surface area contributed by atoms with Crippen LogP contribution in [0.2, 0.25) is 0 Å². The van der Waals surface area contributed by atoms with E-state index < -0.39 is 0 Å². The van der Waals surface area contributed by atoms with Crippen LogP contribution < -0.4 is 5.32 Å². The highest BCUT2D eigenvalue weighted by atomic mass is 79.9. The first kappa shape index (κ1) is 13.7. The van der Waals surface area contributed by atoms with Gasteiger partial charge in [-0.15, -0.1) is 0 Å². The Hall–Kier alpha value is -0.380. The van der Waals surface area contributed by atoms with Crippen LogP contribution in [0.15, 0.2) is 28.7 Å². The summed E-state index contributed by atoms with van der Waals surface area (Å²) < 4.78 is 7.00. The lowest BCUT2D eigenvalue weighted by molar-refractivity contribution is 0.0363. The molecule has 0 amide bonds. The van der Waals surface area contributed by atoms with Crippen molar-refractivity contribution in [3.05, 3.63) is 34.3 Å². The van der Waals surface area contributed by atoms with Crippen molar-refractivity contribution in [2.45, 2.75) is 20.0 Å². The summed E-state index contributed by atoms with van der Waals surface area (Å²) in [5, 5.41) is 3.17. The van der Waals surface area contributed by atoms with E-state index >= 15 is 0 Å². The largest absolute Gasteiger partial charge is 0.372 e. The van der Waals surface area contributed by atoms with Gasteiger partial charge in [0.15, 0.2) is 0 Å². The first-order chi connectivity index (χ1) is 7.63. The quantitative estimate of drug-likeness (QED) is 0.865. The Labute approximate surface area is 107 Å². The lowest BCUT2D eigenvalue weighted by atomic mass is 10.1. The van der Waals surface area contributed by atoms with Crippen LogP contribution in [0.3, 0.4) is 0 Å². The van der Waals surface area contributed by atoms with Crippen molar-refractivity contribution >= 4 is 15.9 Å². The molecule has 90 valence electrons. The minimum atomic E-state index is 0.130. The second-order valence-corrected chi connectivity index (χ2v) is 5.24. The zero-order chi connectivity index (χ0) is 12.0. The van der Waals surface area contributed by atoms with Crippen molar-refractivity contribution in [1.29, 1.82) is 0 Å². The van der Waals surface area contributed by atoms with E-state index in [1.54, 1.807) is 0 Å². The van der Waals surface area contributed by atoms with Gasteiger partial charge >= 0.3 is 0 Å². The van der Waals surface area contributed by atoms with Crippen LogP contribution in [-0.2, 0) is 4.74 Å². The van der Waals surface area contributed by atoms with Gasteiger partial charge in [0, 0.05) is 17.6 Å². The van der Waals surface area contributed by atoms with Crippen LogP contribution in [0, 0.1) is 5.92 Å². The molecule has 0 saturated heterocycles. The molecule has 0 heterocycles. The molecule has 1 rings (SSSR count). The topological polar surface area (TPSA) is 21.3 Å². The third-order valence-corrected chi connectivity index (χ3v) is 2.73. The van der Waals surface area contributed by atoms with Gasteiger partial charge in [-0.05, 0) is 30.7 Å². The lowest BCUT2D eigenvalue weighted by Gasteiger charge is -2.19. The van der Waals surface area contributed by atoms with E-state index in [9.17, 15) is 0 Å². The van der Waals surface area contributed by atoms with Gasteiger partial charge in [0.1, 0.15) is 0 Å². The van der Waals surface area contributed by atoms with E-state index in [0.29, 0.717) is 5.92 Å². The second-order valence-electron chi connectivity index (χ2n) is 4.33. The van der Waals surface area contributed by atoms with Gasteiger partial charge in [-0.2, -0.15) is 0 Å². The summed E-state index contributed by atoms with van der Waals surface area (Å²) in [6.45, 7) is 5.96. The molecule has 0 saturated carbocycles. The van der Waals surface area contributed by atoms with E-state index in [-0.39, 0.29) is 6.10 Å². The molecule has 2 nitrogen and oxygen atoms in total. The highest BCUT2D eigenvalue weighted by molar-refractivity contribution is 9.10. The van der Waals surface area contributed by atoms with Crippen molar-refractivity contribution < 1.29 is 4.74 Å². The van der Waals surface area contributed by atoms with E-state index in [2.05, 4.69) is 47.2 Å². The van der Waals surface area contributed by atoms with Gasteiger partial charge in [0.05, 0.1) is 6.10 Å².